The number of amides is 2. The van der Waals surface area contributed by atoms with Crippen LogP contribution in [0.2, 0.25) is 0 Å². The van der Waals surface area contributed by atoms with Gasteiger partial charge in [-0.15, -0.1) is 0 Å². The minimum absolute atomic E-state index is 0.0161. The first kappa shape index (κ1) is 22.7. The fraction of sp³-hybridized carbons (Fsp3) is 0.333. The van der Waals surface area contributed by atoms with E-state index in [1.54, 1.807) is 24.3 Å². The molecule has 3 rings (SSSR count). The van der Waals surface area contributed by atoms with Crippen LogP contribution in [-0.4, -0.2) is 44.7 Å². The molecule has 31 heavy (non-hydrogen) atoms. The Balaban J connectivity index is 1.72. The van der Waals surface area contributed by atoms with Gasteiger partial charge in [0.1, 0.15) is 16.5 Å². The monoisotopic (exact) mass is 449 g/mol. The van der Waals surface area contributed by atoms with Crippen LogP contribution in [0, 0.1) is 11.7 Å². The number of benzene rings is 2. The van der Waals surface area contributed by atoms with Crippen LogP contribution in [0.15, 0.2) is 47.4 Å². The molecule has 1 saturated heterocycles. The molecule has 0 aliphatic carbocycles. The molecule has 0 bridgehead atoms. The smallest absolute Gasteiger partial charge is 0.246 e. The zero-order valence-corrected chi connectivity index (χ0v) is 18.0. The second-order valence-electron chi connectivity index (χ2n) is 7.25. The van der Waals surface area contributed by atoms with Gasteiger partial charge >= 0.3 is 0 Å². The molecule has 166 valence electrons. The van der Waals surface area contributed by atoms with Gasteiger partial charge in [0.2, 0.25) is 21.8 Å². The highest BCUT2D eigenvalue weighted by Crippen LogP contribution is 2.30. The maximum atomic E-state index is 13.7. The Hall–Kier alpha value is -2.98. The minimum atomic E-state index is -4.04. The van der Waals surface area contributed by atoms with Crippen LogP contribution in [0.3, 0.4) is 0 Å². The summed E-state index contributed by atoms with van der Waals surface area (Å²) in [6, 6.07) is 9.93. The largest absolute Gasteiger partial charge is 0.495 e. The summed E-state index contributed by atoms with van der Waals surface area (Å²) in [5.41, 5.74) is 1.13. The van der Waals surface area contributed by atoms with Crippen molar-refractivity contribution in [3.05, 3.63) is 48.3 Å². The average molecular weight is 450 g/mol. The zero-order valence-electron chi connectivity index (χ0n) is 17.2. The summed E-state index contributed by atoms with van der Waals surface area (Å²) in [6.07, 6.45) is 1.03. The first-order valence-corrected chi connectivity index (χ1v) is 11.2. The number of nitrogens with one attached hydrogen (secondary N) is 2. The summed E-state index contributed by atoms with van der Waals surface area (Å²) < 4.78 is 46.1. The number of ether oxygens (including phenoxy) is 1. The maximum Gasteiger partial charge on any atom is 0.246 e. The number of carbonyl (C=O) groups is 2. The van der Waals surface area contributed by atoms with Crippen molar-refractivity contribution in [2.45, 2.75) is 24.7 Å². The Bertz CT molecular complexity index is 1070. The predicted molar refractivity (Wildman–Crippen MR) is 114 cm³/mol. The molecule has 2 aromatic rings. The number of hydrogen-bond acceptors (Lipinski definition) is 5. The van der Waals surface area contributed by atoms with Gasteiger partial charge in [-0.25, -0.2) is 12.8 Å². The molecule has 8 nitrogen and oxygen atoms in total. The van der Waals surface area contributed by atoms with Crippen molar-refractivity contribution in [2.24, 2.45) is 5.92 Å². The standard InChI is InChI=1S/C21H24FN3O5S/c1-14(26)23-17-6-8-18(9-7-17)24-21(27)15-4-3-11-25(13-15)31(28,29)20-12-16(22)5-10-19(20)30-2/h5-10,12,15H,3-4,11,13H2,1-2H3,(H,23,26)(H,24,27)/t15-/m1/s1. The summed E-state index contributed by atoms with van der Waals surface area (Å²) >= 11 is 0. The number of methoxy groups -OCH3 is 1. The summed E-state index contributed by atoms with van der Waals surface area (Å²) in [5.74, 6) is -1.70. The van der Waals surface area contributed by atoms with Gasteiger partial charge < -0.3 is 15.4 Å². The first-order chi connectivity index (χ1) is 14.7. The molecule has 2 aromatic carbocycles. The van der Waals surface area contributed by atoms with E-state index in [1.807, 2.05) is 0 Å². The molecule has 1 atom stereocenters. The molecular weight excluding hydrogens is 425 g/mol. The Labute approximate surface area is 180 Å². The number of rotatable bonds is 6. The van der Waals surface area contributed by atoms with Gasteiger partial charge in [0.15, 0.2) is 0 Å². The number of piperidine rings is 1. The van der Waals surface area contributed by atoms with E-state index in [9.17, 15) is 22.4 Å². The number of nitrogens with zero attached hydrogens (tertiary/aromatic N) is 1. The third kappa shape index (κ3) is 5.39. The predicted octanol–water partition coefficient (Wildman–Crippen LogP) is 2.83. The van der Waals surface area contributed by atoms with E-state index in [-0.39, 0.29) is 35.5 Å². The summed E-state index contributed by atoms with van der Waals surface area (Å²) in [5, 5.41) is 5.42. The van der Waals surface area contributed by atoms with Gasteiger partial charge in [-0.05, 0) is 55.3 Å². The van der Waals surface area contributed by atoms with Crippen LogP contribution >= 0.6 is 0 Å². The van der Waals surface area contributed by atoms with Gasteiger partial charge in [0.05, 0.1) is 13.0 Å². The molecular formula is C21H24FN3O5S. The Morgan fingerprint density at radius 3 is 2.35 bits per heavy atom. The normalized spacial score (nSPS) is 17.1. The van der Waals surface area contributed by atoms with Crippen LogP contribution in [-0.2, 0) is 19.6 Å². The molecule has 1 heterocycles. The fourth-order valence-electron chi connectivity index (χ4n) is 3.45. The lowest BCUT2D eigenvalue weighted by atomic mass is 9.98. The molecule has 2 amide bonds. The highest BCUT2D eigenvalue weighted by atomic mass is 32.2. The van der Waals surface area contributed by atoms with Crippen molar-refractivity contribution in [3.8, 4) is 5.75 Å². The zero-order chi connectivity index (χ0) is 22.6. The van der Waals surface area contributed by atoms with Crippen LogP contribution in [0.4, 0.5) is 15.8 Å². The molecule has 1 fully saturated rings. The van der Waals surface area contributed by atoms with E-state index in [0.29, 0.717) is 24.2 Å². The lowest BCUT2D eigenvalue weighted by Gasteiger charge is -2.31. The third-order valence-corrected chi connectivity index (χ3v) is 6.86. The van der Waals surface area contributed by atoms with Gasteiger partial charge in [-0.3, -0.25) is 9.59 Å². The summed E-state index contributed by atoms with van der Waals surface area (Å²) in [4.78, 5) is 23.6. The van der Waals surface area contributed by atoms with E-state index in [4.69, 9.17) is 4.74 Å². The topological polar surface area (TPSA) is 105 Å². The van der Waals surface area contributed by atoms with Gasteiger partial charge in [-0.2, -0.15) is 4.31 Å². The highest BCUT2D eigenvalue weighted by molar-refractivity contribution is 7.89. The van der Waals surface area contributed by atoms with Crippen molar-refractivity contribution >= 4 is 33.2 Å². The van der Waals surface area contributed by atoms with E-state index < -0.39 is 21.8 Å². The molecule has 0 spiro atoms. The second-order valence-corrected chi connectivity index (χ2v) is 9.15. The highest BCUT2D eigenvalue weighted by Gasteiger charge is 2.35. The molecule has 0 aromatic heterocycles. The average Bonchev–Trinajstić information content (AvgIpc) is 2.74. The van der Waals surface area contributed by atoms with E-state index in [1.165, 1.54) is 24.4 Å². The van der Waals surface area contributed by atoms with E-state index in [0.717, 1.165) is 12.1 Å². The molecule has 10 heteroatoms. The minimum Gasteiger partial charge on any atom is -0.495 e. The van der Waals surface area contributed by atoms with Crippen molar-refractivity contribution < 1.29 is 27.1 Å². The summed E-state index contributed by atoms with van der Waals surface area (Å²) in [7, 11) is -2.72. The maximum absolute atomic E-state index is 13.7. The van der Waals surface area contributed by atoms with Gasteiger partial charge in [-0.1, -0.05) is 0 Å². The number of carbonyl (C=O) groups excluding carboxylic acids is 2. The Morgan fingerprint density at radius 1 is 1.10 bits per heavy atom. The molecule has 0 saturated carbocycles. The molecule has 0 unspecified atom stereocenters. The first-order valence-electron chi connectivity index (χ1n) is 9.73. The lowest BCUT2D eigenvalue weighted by molar-refractivity contribution is -0.121. The Kier molecular flexibility index (Phi) is 6.91. The third-order valence-electron chi connectivity index (χ3n) is 4.97. The molecule has 1 aliphatic rings. The van der Waals surface area contributed by atoms with Crippen LogP contribution < -0.4 is 15.4 Å². The van der Waals surface area contributed by atoms with Crippen LogP contribution in [0.25, 0.3) is 0 Å². The van der Waals surface area contributed by atoms with Gasteiger partial charge in [0.25, 0.3) is 0 Å². The van der Waals surface area contributed by atoms with Gasteiger partial charge in [0, 0.05) is 31.4 Å². The van der Waals surface area contributed by atoms with E-state index in [2.05, 4.69) is 10.6 Å². The molecule has 1 aliphatic heterocycles. The summed E-state index contributed by atoms with van der Waals surface area (Å²) in [6.45, 7) is 1.62. The van der Waals surface area contributed by atoms with Crippen molar-refractivity contribution in [1.29, 1.82) is 0 Å². The fourth-order valence-corrected chi connectivity index (χ4v) is 5.14. The molecule has 2 N–H and O–H groups in total. The van der Waals surface area contributed by atoms with Crippen molar-refractivity contribution in [1.82, 2.24) is 4.31 Å². The Morgan fingerprint density at radius 2 is 1.74 bits per heavy atom. The van der Waals surface area contributed by atoms with E-state index >= 15 is 0 Å². The SMILES string of the molecule is COc1ccc(F)cc1S(=O)(=O)N1CCC[C@@H](C(=O)Nc2ccc(NC(C)=O)cc2)C1. The molecule has 0 radical (unpaired) electrons. The number of hydrogen-bond donors (Lipinski definition) is 2. The number of anilines is 2. The van der Waals surface area contributed by atoms with Crippen molar-refractivity contribution in [3.63, 3.8) is 0 Å². The van der Waals surface area contributed by atoms with Crippen LogP contribution in [0.5, 0.6) is 5.75 Å². The second kappa shape index (κ2) is 9.44. The lowest BCUT2D eigenvalue weighted by Crippen LogP contribution is -2.43. The van der Waals surface area contributed by atoms with Crippen molar-refractivity contribution in [2.75, 3.05) is 30.8 Å². The number of sulfonamides is 1. The van der Waals surface area contributed by atoms with Crippen LogP contribution in [0.1, 0.15) is 19.8 Å². The quantitative estimate of drug-likeness (QED) is 0.706. The number of halogens is 1.